The van der Waals surface area contributed by atoms with Crippen LogP contribution in [0.3, 0.4) is 0 Å². The molecule has 124 valence electrons. The van der Waals surface area contributed by atoms with Crippen molar-refractivity contribution in [2.75, 3.05) is 21.3 Å². The van der Waals surface area contributed by atoms with Crippen LogP contribution in [0.5, 0.6) is 17.2 Å². The maximum absolute atomic E-state index is 5.99. The highest BCUT2D eigenvalue weighted by atomic mass is 35.5. The third-order valence-electron chi connectivity index (χ3n) is 3.66. The van der Waals surface area contributed by atoms with E-state index in [1.807, 2.05) is 36.5 Å². The normalized spacial score (nSPS) is 10.5. The fourth-order valence-corrected chi connectivity index (χ4v) is 3.40. The van der Waals surface area contributed by atoms with E-state index in [2.05, 4.69) is 4.37 Å². The molecule has 0 radical (unpaired) electrons. The van der Waals surface area contributed by atoms with E-state index in [9.17, 15) is 0 Å². The third kappa shape index (κ3) is 3.05. The molecular weight excluding hydrogens is 346 g/mol. The zero-order valence-corrected chi connectivity index (χ0v) is 15.1. The number of nitrogens with zero attached hydrogens (tertiary/aromatic N) is 1. The monoisotopic (exact) mass is 361 g/mol. The molecule has 0 aliphatic heterocycles. The molecule has 0 atom stereocenters. The fourth-order valence-electron chi connectivity index (χ4n) is 2.49. The highest BCUT2D eigenvalue weighted by Gasteiger charge is 2.19. The molecule has 24 heavy (non-hydrogen) atoms. The maximum Gasteiger partial charge on any atom is 0.169 e. The van der Waals surface area contributed by atoms with Crippen LogP contribution in [-0.4, -0.2) is 25.7 Å². The first-order valence-electron chi connectivity index (χ1n) is 7.19. The first-order valence-corrected chi connectivity index (χ1v) is 8.34. The van der Waals surface area contributed by atoms with Crippen LogP contribution < -0.4 is 14.2 Å². The summed E-state index contributed by atoms with van der Waals surface area (Å²) in [4.78, 5) is 0.978. The number of ether oxygens (including phenoxy) is 3. The summed E-state index contributed by atoms with van der Waals surface area (Å²) < 4.78 is 20.8. The number of hydrogen-bond donors (Lipinski definition) is 0. The van der Waals surface area contributed by atoms with E-state index >= 15 is 0 Å². The molecular formula is C18H16ClNO3S. The van der Waals surface area contributed by atoms with Gasteiger partial charge in [-0.2, -0.15) is 4.37 Å². The minimum Gasteiger partial charge on any atom is -0.497 e. The first-order chi connectivity index (χ1) is 11.7. The highest BCUT2D eigenvalue weighted by Crippen LogP contribution is 2.46. The summed E-state index contributed by atoms with van der Waals surface area (Å²) in [5.41, 5.74) is 2.92. The summed E-state index contributed by atoms with van der Waals surface area (Å²) in [6, 6.07) is 11.4. The van der Waals surface area contributed by atoms with Crippen molar-refractivity contribution in [1.29, 1.82) is 0 Å². The largest absolute Gasteiger partial charge is 0.497 e. The van der Waals surface area contributed by atoms with E-state index in [1.54, 1.807) is 27.4 Å². The number of hydrogen-bond acceptors (Lipinski definition) is 5. The molecule has 0 aliphatic carbocycles. The maximum atomic E-state index is 5.99. The number of halogens is 1. The molecule has 0 amide bonds. The summed E-state index contributed by atoms with van der Waals surface area (Å²) in [6.07, 6.45) is 1.84. The van der Waals surface area contributed by atoms with Gasteiger partial charge in [-0.1, -0.05) is 23.7 Å². The average Bonchev–Trinajstić information content (AvgIpc) is 3.10. The van der Waals surface area contributed by atoms with Crippen LogP contribution >= 0.6 is 23.1 Å². The van der Waals surface area contributed by atoms with Crippen molar-refractivity contribution in [3.63, 3.8) is 0 Å². The molecule has 3 rings (SSSR count). The van der Waals surface area contributed by atoms with Gasteiger partial charge in [0.15, 0.2) is 11.5 Å². The standard InChI is InChI=1S/C18H16ClNO3S/c1-21-13-8-14(17(23-3)16(9-13)22-2)18-15(10-20-24-18)11-4-6-12(19)7-5-11/h4-10H,1-3H3. The van der Waals surface area contributed by atoms with Gasteiger partial charge in [0.1, 0.15) is 5.75 Å². The van der Waals surface area contributed by atoms with Gasteiger partial charge in [0, 0.05) is 28.4 Å². The molecule has 3 aromatic rings. The number of methoxy groups -OCH3 is 3. The zero-order valence-electron chi connectivity index (χ0n) is 13.5. The van der Waals surface area contributed by atoms with Crippen molar-refractivity contribution in [3.05, 3.63) is 47.6 Å². The second-order valence-corrected chi connectivity index (χ2v) is 6.22. The Morgan fingerprint density at radius 3 is 2.29 bits per heavy atom. The third-order valence-corrected chi connectivity index (χ3v) is 4.74. The van der Waals surface area contributed by atoms with Crippen LogP contribution in [-0.2, 0) is 0 Å². The van der Waals surface area contributed by atoms with E-state index < -0.39 is 0 Å². The summed E-state index contributed by atoms with van der Waals surface area (Å²) in [5, 5.41) is 0.698. The SMILES string of the molecule is COc1cc(OC)c(OC)c(-c2sncc2-c2ccc(Cl)cc2)c1. The molecule has 6 heteroatoms. The molecule has 0 aliphatic rings. The van der Waals surface area contributed by atoms with Gasteiger partial charge in [-0.3, -0.25) is 0 Å². The zero-order chi connectivity index (χ0) is 17.1. The molecule has 0 unspecified atom stereocenters. The lowest BCUT2D eigenvalue weighted by atomic mass is 10.0. The van der Waals surface area contributed by atoms with E-state index in [4.69, 9.17) is 25.8 Å². The lowest BCUT2D eigenvalue weighted by Gasteiger charge is -2.14. The van der Waals surface area contributed by atoms with Crippen LogP contribution in [0.15, 0.2) is 42.6 Å². The van der Waals surface area contributed by atoms with Crippen LogP contribution in [0, 0.1) is 0 Å². The van der Waals surface area contributed by atoms with Crippen LogP contribution in [0.2, 0.25) is 5.02 Å². The lowest BCUT2D eigenvalue weighted by molar-refractivity contribution is 0.350. The van der Waals surface area contributed by atoms with Gasteiger partial charge < -0.3 is 14.2 Å². The number of benzene rings is 2. The van der Waals surface area contributed by atoms with Gasteiger partial charge in [-0.25, -0.2) is 0 Å². The van der Waals surface area contributed by atoms with Gasteiger partial charge in [-0.05, 0) is 35.3 Å². The van der Waals surface area contributed by atoms with E-state index in [0.29, 0.717) is 22.3 Å². The second kappa shape index (κ2) is 7.11. The predicted octanol–water partition coefficient (Wildman–Crippen LogP) is 5.16. The highest BCUT2D eigenvalue weighted by molar-refractivity contribution is 7.10. The van der Waals surface area contributed by atoms with Crippen LogP contribution in [0.1, 0.15) is 0 Å². The average molecular weight is 362 g/mol. The Morgan fingerprint density at radius 1 is 0.917 bits per heavy atom. The van der Waals surface area contributed by atoms with Gasteiger partial charge in [0.2, 0.25) is 0 Å². The van der Waals surface area contributed by atoms with Crippen molar-refractivity contribution in [3.8, 4) is 38.8 Å². The quantitative estimate of drug-likeness (QED) is 0.629. The fraction of sp³-hybridized carbons (Fsp3) is 0.167. The topological polar surface area (TPSA) is 40.6 Å². The molecule has 0 bridgehead atoms. The van der Waals surface area contributed by atoms with Crippen LogP contribution in [0.25, 0.3) is 21.6 Å². The molecule has 1 aromatic heterocycles. The Hall–Kier alpha value is -2.24. The number of aromatic nitrogens is 1. The molecule has 0 fully saturated rings. The smallest absolute Gasteiger partial charge is 0.169 e. The van der Waals surface area contributed by atoms with Crippen molar-refractivity contribution >= 4 is 23.1 Å². The molecule has 0 saturated heterocycles. The molecule has 0 saturated carbocycles. The summed E-state index contributed by atoms with van der Waals surface area (Å²) in [5.74, 6) is 1.96. The van der Waals surface area contributed by atoms with Gasteiger partial charge >= 0.3 is 0 Å². The summed E-state index contributed by atoms with van der Waals surface area (Å²) in [7, 11) is 4.85. The Morgan fingerprint density at radius 2 is 1.67 bits per heavy atom. The number of rotatable bonds is 5. The minimum absolute atomic E-state index is 0.613. The summed E-state index contributed by atoms with van der Waals surface area (Å²) >= 11 is 7.39. The van der Waals surface area contributed by atoms with Gasteiger partial charge in [-0.15, -0.1) is 0 Å². The minimum atomic E-state index is 0.613. The first kappa shape index (κ1) is 16.6. The van der Waals surface area contributed by atoms with E-state index in [0.717, 1.165) is 21.6 Å². The van der Waals surface area contributed by atoms with Gasteiger partial charge in [0.25, 0.3) is 0 Å². The Labute approximate surface area is 149 Å². The lowest BCUT2D eigenvalue weighted by Crippen LogP contribution is -1.95. The summed E-state index contributed by atoms with van der Waals surface area (Å²) in [6.45, 7) is 0. The molecule has 0 N–H and O–H groups in total. The van der Waals surface area contributed by atoms with Crippen molar-refractivity contribution in [2.24, 2.45) is 0 Å². The van der Waals surface area contributed by atoms with Crippen LogP contribution in [0.4, 0.5) is 0 Å². The van der Waals surface area contributed by atoms with Crippen molar-refractivity contribution < 1.29 is 14.2 Å². The van der Waals surface area contributed by atoms with Gasteiger partial charge in [0.05, 0.1) is 26.2 Å². The van der Waals surface area contributed by atoms with Crippen molar-refractivity contribution in [2.45, 2.75) is 0 Å². The van der Waals surface area contributed by atoms with E-state index in [-0.39, 0.29) is 0 Å². The Kier molecular flexibility index (Phi) is 4.92. The second-order valence-electron chi connectivity index (χ2n) is 4.99. The Bertz CT molecular complexity index is 846. The predicted molar refractivity (Wildman–Crippen MR) is 97.7 cm³/mol. The Balaban J connectivity index is 2.20. The molecule has 4 nitrogen and oxygen atoms in total. The molecule has 2 aromatic carbocycles. The van der Waals surface area contributed by atoms with Crippen molar-refractivity contribution in [1.82, 2.24) is 4.37 Å². The molecule has 0 spiro atoms. The van der Waals surface area contributed by atoms with E-state index in [1.165, 1.54) is 11.5 Å². The molecule has 1 heterocycles.